The van der Waals surface area contributed by atoms with Gasteiger partial charge in [-0.1, -0.05) is 12.1 Å². The second-order valence-electron chi connectivity index (χ2n) is 4.55. The topological polar surface area (TPSA) is 78.4 Å². The largest absolute Gasteiger partial charge is 0.465 e. The van der Waals surface area contributed by atoms with Crippen molar-refractivity contribution < 1.29 is 19.1 Å². The number of benzene rings is 2. The Morgan fingerprint density at radius 3 is 1.55 bits per heavy atom. The van der Waals surface area contributed by atoms with Crippen molar-refractivity contribution in [1.82, 2.24) is 9.97 Å². The highest BCUT2D eigenvalue weighted by Crippen LogP contribution is 2.24. The summed E-state index contributed by atoms with van der Waals surface area (Å²) in [6, 6.07) is 10.2. The van der Waals surface area contributed by atoms with E-state index >= 15 is 0 Å². The third-order valence-corrected chi connectivity index (χ3v) is 3.31. The third kappa shape index (κ3) is 2.14. The van der Waals surface area contributed by atoms with Crippen LogP contribution in [0.4, 0.5) is 0 Å². The number of hydrogen-bond acceptors (Lipinski definition) is 6. The van der Waals surface area contributed by atoms with Crippen molar-refractivity contribution in [3.05, 3.63) is 47.5 Å². The van der Waals surface area contributed by atoms with Gasteiger partial charge in [0.05, 0.1) is 36.4 Å². The minimum Gasteiger partial charge on any atom is -0.465 e. The first kappa shape index (κ1) is 13.9. The molecule has 6 nitrogen and oxygen atoms in total. The van der Waals surface area contributed by atoms with Gasteiger partial charge in [0.15, 0.2) is 0 Å². The van der Waals surface area contributed by atoms with Crippen LogP contribution in [0.3, 0.4) is 0 Å². The molecule has 1 heterocycles. The van der Waals surface area contributed by atoms with Crippen LogP contribution in [0.5, 0.6) is 0 Å². The smallest absolute Gasteiger partial charge is 0.340 e. The molecular formula is C16H12N2O4. The number of fused-ring (bicyclic) bond motifs is 2. The van der Waals surface area contributed by atoms with Gasteiger partial charge in [-0.3, -0.25) is 0 Å². The highest BCUT2D eigenvalue weighted by molar-refractivity contribution is 6.10. The number of esters is 2. The summed E-state index contributed by atoms with van der Waals surface area (Å²) in [5.74, 6) is -1.07. The van der Waals surface area contributed by atoms with Crippen molar-refractivity contribution in [3.63, 3.8) is 0 Å². The van der Waals surface area contributed by atoms with Crippen LogP contribution in [0.15, 0.2) is 36.4 Å². The van der Waals surface area contributed by atoms with Gasteiger partial charge in [-0.05, 0) is 24.3 Å². The molecule has 2 aromatic carbocycles. The van der Waals surface area contributed by atoms with Gasteiger partial charge in [0.25, 0.3) is 0 Å². The molecule has 1 aromatic heterocycles. The maximum atomic E-state index is 11.9. The lowest BCUT2D eigenvalue weighted by molar-refractivity contribution is 0.0589. The van der Waals surface area contributed by atoms with Gasteiger partial charge in [0.1, 0.15) is 11.0 Å². The standard InChI is InChI=1S/C16H12N2O4/c1-21-15(19)9-7-8-10(16(20)22-2)14-13(9)17-11-5-3-4-6-12(11)18-14/h3-8H,1-2H3. The number of aromatic nitrogens is 2. The average molecular weight is 296 g/mol. The Hall–Kier alpha value is -3.02. The molecule has 3 aromatic rings. The molecule has 0 fully saturated rings. The molecule has 0 bridgehead atoms. The summed E-state index contributed by atoms with van der Waals surface area (Å²) in [7, 11) is 2.58. The number of hydrogen-bond donors (Lipinski definition) is 0. The maximum Gasteiger partial charge on any atom is 0.340 e. The lowest BCUT2D eigenvalue weighted by atomic mass is 10.1. The summed E-state index contributed by atoms with van der Waals surface area (Å²) in [5, 5.41) is 0. The maximum absolute atomic E-state index is 11.9. The van der Waals surface area contributed by atoms with Crippen LogP contribution in [0.25, 0.3) is 22.1 Å². The third-order valence-electron chi connectivity index (χ3n) is 3.31. The zero-order chi connectivity index (χ0) is 15.7. The van der Waals surface area contributed by atoms with E-state index in [9.17, 15) is 9.59 Å². The SMILES string of the molecule is COC(=O)c1ccc(C(=O)OC)c2nc3ccccc3nc12. The Morgan fingerprint density at radius 1 is 0.773 bits per heavy atom. The minimum absolute atomic E-state index is 0.253. The van der Waals surface area contributed by atoms with Crippen LogP contribution < -0.4 is 0 Å². The fourth-order valence-corrected chi connectivity index (χ4v) is 2.25. The first-order valence-corrected chi connectivity index (χ1v) is 6.52. The van der Waals surface area contributed by atoms with Crippen molar-refractivity contribution in [1.29, 1.82) is 0 Å². The molecule has 0 atom stereocenters. The number of ether oxygens (including phenoxy) is 2. The molecule has 3 rings (SSSR count). The summed E-state index contributed by atoms with van der Waals surface area (Å²) in [4.78, 5) is 32.7. The first-order valence-electron chi connectivity index (χ1n) is 6.52. The van der Waals surface area contributed by atoms with Crippen molar-refractivity contribution in [2.75, 3.05) is 14.2 Å². The van der Waals surface area contributed by atoms with E-state index in [1.54, 1.807) is 12.1 Å². The molecule has 0 radical (unpaired) electrons. The van der Waals surface area contributed by atoms with E-state index in [1.807, 2.05) is 12.1 Å². The quantitative estimate of drug-likeness (QED) is 0.533. The number of rotatable bonds is 2. The molecule has 0 spiro atoms. The van der Waals surface area contributed by atoms with Crippen LogP contribution >= 0.6 is 0 Å². The average Bonchev–Trinajstić information content (AvgIpc) is 2.57. The van der Waals surface area contributed by atoms with E-state index < -0.39 is 11.9 Å². The Morgan fingerprint density at radius 2 is 1.18 bits per heavy atom. The van der Waals surface area contributed by atoms with Crippen LogP contribution in [0, 0.1) is 0 Å². The molecule has 0 aliphatic rings. The molecule has 0 aliphatic heterocycles. The van der Waals surface area contributed by atoms with Gasteiger partial charge in [-0.2, -0.15) is 0 Å². The van der Waals surface area contributed by atoms with E-state index in [0.29, 0.717) is 22.1 Å². The molecule has 0 aliphatic carbocycles. The summed E-state index contributed by atoms with van der Waals surface area (Å²) < 4.78 is 9.52. The molecule has 0 saturated carbocycles. The van der Waals surface area contributed by atoms with E-state index in [-0.39, 0.29) is 11.1 Å². The zero-order valence-corrected chi connectivity index (χ0v) is 12.0. The van der Waals surface area contributed by atoms with E-state index in [4.69, 9.17) is 9.47 Å². The summed E-state index contributed by atoms with van der Waals surface area (Å²) in [6.07, 6.45) is 0. The van der Waals surface area contributed by atoms with Gasteiger partial charge >= 0.3 is 11.9 Å². The van der Waals surface area contributed by atoms with E-state index in [1.165, 1.54) is 26.4 Å². The summed E-state index contributed by atoms with van der Waals surface area (Å²) in [6.45, 7) is 0. The number of nitrogens with zero attached hydrogens (tertiary/aromatic N) is 2. The molecule has 0 N–H and O–H groups in total. The number of carbonyl (C=O) groups excluding carboxylic acids is 2. The highest BCUT2D eigenvalue weighted by atomic mass is 16.5. The van der Waals surface area contributed by atoms with Gasteiger partial charge in [0.2, 0.25) is 0 Å². The van der Waals surface area contributed by atoms with Gasteiger partial charge in [0, 0.05) is 0 Å². The van der Waals surface area contributed by atoms with Crippen molar-refractivity contribution in [3.8, 4) is 0 Å². The molecule has 110 valence electrons. The lowest BCUT2D eigenvalue weighted by Gasteiger charge is -2.09. The van der Waals surface area contributed by atoms with E-state index in [2.05, 4.69) is 9.97 Å². The Labute approximate surface area is 125 Å². The second kappa shape index (κ2) is 5.40. The Bertz CT molecular complexity index is 831. The number of para-hydroxylation sites is 2. The van der Waals surface area contributed by atoms with Gasteiger partial charge in [-0.15, -0.1) is 0 Å². The molecular weight excluding hydrogens is 284 g/mol. The minimum atomic E-state index is -0.536. The summed E-state index contributed by atoms with van der Waals surface area (Å²) in [5.41, 5.74) is 2.39. The fourth-order valence-electron chi connectivity index (χ4n) is 2.25. The highest BCUT2D eigenvalue weighted by Gasteiger charge is 2.19. The Kier molecular flexibility index (Phi) is 3.42. The van der Waals surface area contributed by atoms with Crippen LogP contribution in [0.2, 0.25) is 0 Å². The molecule has 22 heavy (non-hydrogen) atoms. The van der Waals surface area contributed by atoms with Gasteiger partial charge in [-0.25, -0.2) is 19.6 Å². The molecule has 6 heteroatoms. The monoisotopic (exact) mass is 296 g/mol. The summed E-state index contributed by atoms with van der Waals surface area (Å²) >= 11 is 0. The fraction of sp³-hybridized carbons (Fsp3) is 0.125. The number of carbonyl (C=O) groups is 2. The predicted molar refractivity (Wildman–Crippen MR) is 79.7 cm³/mol. The first-order chi connectivity index (χ1) is 10.7. The van der Waals surface area contributed by atoms with E-state index in [0.717, 1.165) is 0 Å². The number of methoxy groups -OCH3 is 2. The lowest BCUT2D eigenvalue weighted by Crippen LogP contribution is -2.09. The molecule has 0 amide bonds. The second-order valence-corrected chi connectivity index (χ2v) is 4.55. The normalized spacial score (nSPS) is 10.6. The van der Waals surface area contributed by atoms with Gasteiger partial charge < -0.3 is 9.47 Å². The van der Waals surface area contributed by atoms with Crippen molar-refractivity contribution in [2.45, 2.75) is 0 Å². The zero-order valence-electron chi connectivity index (χ0n) is 12.0. The van der Waals surface area contributed by atoms with Crippen LogP contribution in [-0.4, -0.2) is 36.1 Å². The van der Waals surface area contributed by atoms with Crippen molar-refractivity contribution in [2.24, 2.45) is 0 Å². The predicted octanol–water partition coefficient (Wildman–Crippen LogP) is 2.36. The molecule has 0 saturated heterocycles. The van der Waals surface area contributed by atoms with Crippen LogP contribution in [-0.2, 0) is 9.47 Å². The molecule has 0 unspecified atom stereocenters. The van der Waals surface area contributed by atoms with Crippen molar-refractivity contribution >= 4 is 34.0 Å². The Balaban J connectivity index is 2.43. The van der Waals surface area contributed by atoms with Crippen LogP contribution in [0.1, 0.15) is 20.7 Å².